The molecule has 1 aliphatic carbocycles. The standard InChI is InChI=1S/C48H75NO10/c1-30-13-9-8-10-14-31(2)41(51)26-39-21-16-36(7)48(57,59-39)29-46(55)49-22-12-11-15-40(49)47(56)58-45(35(6)25-37-17-19-38(50)20-18-37)28-44(54)34(5)24-33(4)43(53)27-42(52)32(3)23-30/h8-10,13-14,24,30,32,34-41,43,45,50-51,53,57H,11-12,15-23,25-29H2,1-7H3/b10-8+,13-9+,31-14+,33-24+/t30-,32-,34-,35-,36-,37?,38?,39+,40?,41+,43+,45+,48+/m1/s1. The molecule has 11 nitrogen and oxygen atoms in total. The molecule has 4 aliphatic rings. The van der Waals surface area contributed by atoms with Crippen molar-refractivity contribution < 1.29 is 49.1 Å². The van der Waals surface area contributed by atoms with Gasteiger partial charge in [-0.2, -0.15) is 0 Å². The first kappa shape index (κ1) is 48.7. The third kappa shape index (κ3) is 14.6. The molecule has 2 saturated heterocycles. The van der Waals surface area contributed by atoms with E-state index < -0.39 is 54.0 Å². The van der Waals surface area contributed by atoms with Crippen molar-refractivity contribution in [3.05, 3.63) is 47.6 Å². The molecule has 0 aromatic heterocycles. The van der Waals surface area contributed by atoms with E-state index in [1.165, 1.54) is 4.90 Å². The van der Waals surface area contributed by atoms with Gasteiger partial charge < -0.3 is 34.8 Å². The molecule has 332 valence electrons. The highest BCUT2D eigenvalue weighted by molar-refractivity contribution is 5.86. The Kier molecular flexibility index (Phi) is 18.8. The summed E-state index contributed by atoms with van der Waals surface area (Å²) in [6, 6.07) is -0.879. The van der Waals surface area contributed by atoms with Gasteiger partial charge in [-0.15, -0.1) is 0 Å². The molecule has 1 saturated carbocycles. The van der Waals surface area contributed by atoms with Gasteiger partial charge in [0.15, 0.2) is 5.79 Å². The molecular weight excluding hydrogens is 751 g/mol. The number of esters is 1. The van der Waals surface area contributed by atoms with E-state index in [0.29, 0.717) is 75.8 Å². The number of amides is 1. The minimum Gasteiger partial charge on any atom is -0.460 e. The fourth-order valence-electron chi connectivity index (χ4n) is 9.32. The first-order valence-corrected chi connectivity index (χ1v) is 22.6. The van der Waals surface area contributed by atoms with Crippen LogP contribution in [-0.4, -0.2) is 97.7 Å². The first-order valence-electron chi connectivity index (χ1n) is 22.6. The van der Waals surface area contributed by atoms with Crippen LogP contribution >= 0.6 is 0 Å². The van der Waals surface area contributed by atoms with Gasteiger partial charge in [0, 0.05) is 43.6 Å². The number of rotatable bonds is 3. The topological polar surface area (TPSA) is 171 Å². The van der Waals surface area contributed by atoms with Crippen LogP contribution in [-0.2, 0) is 28.7 Å². The lowest BCUT2D eigenvalue weighted by Gasteiger charge is -2.44. The zero-order chi connectivity index (χ0) is 43.4. The van der Waals surface area contributed by atoms with E-state index in [9.17, 15) is 39.6 Å². The number of allylic oxidation sites excluding steroid dienone is 6. The van der Waals surface area contributed by atoms with Crippen LogP contribution in [0.1, 0.15) is 145 Å². The summed E-state index contributed by atoms with van der Waals surface area (Å²) in [5.41, 5.74) is 1.26. The van der Waals surface area contributed by atoms with Gasteiger partial charge in [-0.1, -0.05) is 71.1 Å². The number of piperidine rings is 1. The molecule has 0 radical (unpaired) electrons. The SMILES string of the molecule is C/C1=C\[C@@H](C)C(=O)C[C@@H]([C@H](C)CC2CCC(O)CC2)OC(=O)C2CCCCN2C(=O)C[C@]2(O)O[C@@H](CC[C@H]2C)C[C@H](O)/C(C)=C/C=C/C=C/[C@@H](C)C[C@@H](C)C(=O)C[C@@H]1O. The summed E-state index contributed by atoms with van der Waals surface area (Å²) in [7, 11) is 0. The Hall–Kier alpha value is -2.96. The monoisotopic (exact) mass is 826 g/mol. The second-order valence-corrected chi connectivity index (χ2v) is 18.8. The van der Waals surface area contributed by atoms with Crippen LogP contribution in [0.3, 0.4) is 0 Å². The highest BCUT2D eigenvalue weighted by Crippen LogP contribution is 2.38. The second-order valence-electron chi connectivity index (χ2n) is 18.8. The average Bonchev–Trinajstić information content (AvgIpc) is 3.18. The minimum atomic E-state index is -1.78. The van der Waals surface area contributed by atoms with Gasteiger partial charge in [-0.3, -0.25) is 14.4 Å². The molecule has 11 heteroatoms. The maximum atomic E-state index is 14.2. The summed E-state index contributed by atoms with van der Waals surface area (Å²) < 4.78 is 12.5. The Labute approximate surface area is 353 Å². The molecule has 3 fully saturated rings. The molecule has 3 heterocycles. The summed E-state index contributed by atoms with van der Waals surface area (Å²) in [6.07, 6.45) is 15.0. The van der Waals surface area contributed by atoms with Gasteiger partial charge in [-0.25, -0.2) is 4.79 Å². The van der Waals surface area contributed by atoms with E-state index in [2.05, 4.69) is 0 Å². The maximum Gasteiger partial charge on any atom is 0.329 e. The van der Waals surface area contributed by atoms with Crippen molar-refractivity contribution in [2.75, 3.05) is 6.54 Å². The van der Waals surface area contributed by atoms with Gasteiger partial charge in [0.25, 0.3) is 0 Å². The summed E-state index contributed by atoms with van der Waals surface area (Å²) in [4.78, 5) is 56.8. The van der Waals surface area contributed by atoms with Crippen molar-refractivity contribution in [3.8, 4) is 0 Å². The Morgan fingerprint density at radius 1 is 0.814 bits per heavy atom. The van der Waals surface area contributed by atoms with Crippen molar-refractivity contribution in [1.82, 2.24) is 4.90 Å². The number of aliphatic hydroxyl groups is 4. The molecule has 2 bridgehead atoms. The van der Waals surface area contributed by atoms with Gasteiger partial charge in [0.05, 0.1) is 30.8 Å². The zero-order valence-electron chi connectivity index (χ0n) is 36.9. The van der Waals surface area contributed by atoms with Crippen LogP contribution in [0.2, 0.25) is 0 Å². The predicted octanol–water partition coefficient (Wildman–Crippen LogP) is 7.10. The lowest BCUT2D eigenvalue weighted by molar-refractivity contribution is -0.283. The molecule has 1 amide bonds. The van der Waals surface area contributed by atoms with Gasteiger partial charge in [-0.05, 0) is 113 Å². The van der Waals surface area contributed by atoms with Crippen molar-refractivity contribution in [2.45, 2.75) is 187 Å². The van der Waals surface area contributed by atoms with Crippen molar-refractivity contribution in [3.63, 3.8) is 0 Å². The van der Waals surface area contributed by atoms with E-state index in [0.717, 1.165) is 18.4 Å². The van der Waals surface area contributed by atoms with Gasteiger partial charge >= 0.3 is 5.97 Å². The van der Waals surface area contributed by atoms with E-state index in [1.54, 1.807) is 19.9 Å². The van der Waals surface area contributed by atoms with Crippen LogP contribution < -0.4 is 0 Å². The molecule has 3 aliphatic heterocycles. The summed E-state index contributed by atoms with van der Waals surface area (Å²) >= 11 is 0. The minimum absolute atomic E-state index is 0.0481. The quantitative estimate of drug-likeness (QED) is 0.170. The molecule has 1 unspecified atom stereocenters. The fraction of sp³-hybridized carbons (Fsp3) is 0.750. The molecule has 4 N–H and O–H groups in total. The average molecular weight is 826 g/mol. The number of hydrogen-bond donors (Lipinski definition) is 4. The van der Waals surface area contributed by atoms with Crippen molar-refractivity contribution >= 4 is 23.4 Å². The highest BCUT2D eigenvalue weighted by atomic mass is 16.6. The van der Waals surface area contributed by atoms with Crippen LogP contribution in [0.5, 0.6) is 0 Å². The number of nitrogens with zero attached hydrogens (tertiary/aromatic N) is 1. The van der Waals surface area contributed by atoms with Gasteiger partial charge in [0.2, 0.25) is 5.91 Å². The van der Waals surface area contributed by atoms with E-state index in [-0.39, 0.29) is 67.0 Å². The largest absolute Gasteiger partial charge is 0.460 e. The number of aliphatic hydroxyl groups excluding tert-OH is 3. The number of carbonyl (C=O) groups is 4. The summed E-state index contributed by atoms with van der Waals surface area (Å²) in [5, 5.41) is 44.1. The normalized spacial score (nSPS) is 40.7. The molecule has 0 aromatic rings. The molecule has 0 spiro atoms. The van der Waals surface area contributed by atoms with Crippen molar-refractivity contribution in [1.29, 1.82) is 0 Å². The Morgan fingerprint density at radius 3 is 2.24 bits per heavy atom. The molecule has 0 aromatic carbocycles. The smallest absolute Gasteiger partial charge is 0.329 e. The Morgan fingerprint density at radius 2 is 1.53 bits per heavy atom. The predicted molar refractivity (Wildman–Crippen MR) is 228 cm³/mol. The zero-order valence-corrected chi connectivity index (χ0v) is 36.9. The van der Waals surface area contributed by atoms with E-state index in [4.69, 9.17) is 9.47 Å². The Bertz CT molecular complexity index is 1540. The van der Waals surface area contributed by atoms with E-state index >= 15 is 0 Å². The fourth-order valence-corrected chi connectivity index (χ4v) is 9.32. The van der Waals surface area contributed by atoms with Crippen LogP contribution in [0.25, 0.3) is 0 Å². The number of hydrogen-bond acceptors (Lipinski definition) is 10. The maximum absolute atomic E-state index is 14.2. The number of Topliss-reactive ketones (excluding diaryl/α,β-unsaturated/α-hetero) is 2. The number of ketones is 2. The summed E-state index contributed by atoms with van der Waals surface area (Å²) in [5.74, 6) is -3.98. The number of carbonyl (C=O) groups excluding carboxylic acids is 4. The number of cyclic esters (lactones) is 1. The third-order valence-corrected chi connectivity index (χ3v) is 13.6. The lowest BCUT2D eigenvalue weighted by atomic mass is 9.79. The van der Waals surface area contributed by atoms with Gasteiger partial charge in [0.1, 0.15) is 23.7 Å². The highest BCUT2D eigenvalue weighted by Gasteiger charge is 2.46. The Balaban J connectivity index is 1.61. The third-order valence-electron chi connectivity index (χ3n) is 13.6. The molecule has 59 heavy (non-hydrogen) atoms. The second kappa shape index (κ2) is 22.8. The number of ether oxygens (including phenoxy) is 2. The molecule has 11 atom stereocenters. The molecule has 4 rings (SSSR count). The summed E-state index contributed by atoms with van der Waals surface area (Å²) in [6.45, 7) is 13.4. The van der Waals surface area contributed by atoms with E-state index in [1.807, 2.05) is 65.0 Å². The first-order chi connectivity index (χ1) is 27.9. The van der Waals surface area contributed by atoms with Crippen LogP contribution in [0.4, 0.5) is 0 Å². The number of fused-ring (bicyclic) bond motifs is 3. The lowest BCUT2D eigenvalue weighted by Crippen LogP contribution is -2.54. The van der Waals surface area contributed by atoms with Crippen LogP contribution in [0.15, 0.2) is 47.6 Å². The van der Waals surface area contributed by atoms with Crippen LogP contribution in [0, 0.1) is 35.5 Å². The van der Waals surface area contributed by atoms with Crippen molar-refractivity contribution in [2.24, 2.45) is 35.5 Å². The molecular formula is C48H75NO10.